The quantitative estimate of drug-likeness (QED) is 0.832. The third-order valence-electron chi connectivity index (χ3n) is 4.40. The molecule has 2 atom stereocenters. The lowest BCUT2D eigenvalue weighted by molar-refractivity contribution is -0.124. The summed E-state index contributed by atoms with van der Waals surface area (Å²) in [5.74, 6) is 0.404. The second kappa shape index (κ2) is 5.19. The van der Waals surface area contributed by atoms with Gasteiger partial charge in [-0.25, -0.2) is 0 Å². The number of carbonyl (C=O) groups excluding carboxylic acids is 1. The Hall–Kier alpha value is -1.39. The lowest BCUT2D eigenvalue weighted by atomic mass is 9.82. The Morgan fingerprint density at radius 2 is 1.90 bits per heavy atom. The van der Waals surface area contributed by atoms with Gasteiger partial charge in [0.25, 0.3) is 0 Å². The van der Waals surface area contributed by atoms with Gasteiger partial charge in [0.2, 0.25) is 5.91 Å². The highest BCUT2D eigenvalue weighted by Gasteiger charge is 2.37. The van der Waals surface area contributed by atoms with E-state index in [1.165, 1.54) is 5.56 Å². The van der Waals surface area contributed by atoms with E-state index in [-0.39, 0.29) is 24.0 Å². The summed E-state index contributed by atoms with van der Waals surface area (Å²) in [4.78, 5) is 14.4. The second-order valence-electron chi connectivity index (χ2n) is 5.76. The zero-order chi connectivity index (χ0) is 14.3. The number of hydrogen-bond acceptors (Lipinski definition) is 3. The predicted octanol–water partition coefficient (Wildman–Crippen LogP) is 2.45. The molecule has 0 spiro atoms. The third-order valence-corrected chi connectivity index (χ3v) is 4.40. The monoisotopic (exact) mass is 275 g/mol. The van der Waals surface area contributed by atoms with Gasteiger partial charge in [-0.2, -0.15) is 0 Å². The Morgan fingerprint density at radius 3 is 2.60 bits per heavy atom. The van der Waals surface area contributed by atoms with Crippen LogP contribution in [0.4, 0.5) is 5.69 Å². The van der Waals surface area contributed by atoms with Crippen molar-refractivity contribution in [1.82, 2.24) is 0 Å². The van der Waals surface area contributed by atoms with Crippen molar-refractivity contribution in [2.45, 2.75) is 33.0 Å². The fourth-order valence-electron chi connectivity index (χ4n) is 2.97. The summed E-state index contributed by atoms with van der Waals surface area (Å²) < 4.78 is 11.0. The van der Waals surface area contributed by atoms with Crippen LogP contribution in [0.2, 0.25) is 0 Å². The molecular formula is C16H21NO3. The Bertz CT molecular complexity index is 522. The minimum absolute atomic E-state index is 0.00777. The van der Waals surface area contributed by atoms with Crippen LogP contribution >= 0.6 is 0 Å². The Morgan fingerprint density at radius 1 is 1.20 bits per heavy atom. The number of benzene rings is 1. The van der Waals surface area contributed by atoms with Crippen molar-refractivity contribution in [2.24, 2.45) is 5.92 Å². The van der Waals surface area contributed by atoms with Crippen molar-refractivity contribution in [3.63, 3.8) is 0 Å². The van der Waals surface area contributed by atoms with Crippen LogP contribution in [-0.2, 0) is 14.3 Å². The average molecular weight is 275 g/mol. The summed E-state index contributed by atoms with van der Waals surface area (Å²) >= 11 is 0. The Balaban J connectivity index is 1.97. The number of anilines is 1. The maximum atomic E-state index is 12.6. The number of aryl methyl sites for hydroxylation is 1. The first kappa shape index (κ1) is 13.6. The van der Waals surface area contributed by atoms with E-state index in [1.54, 1.807) is 0 Å². The molecule has 0 saturated carbocycles. The molecule has 20 heavy (non-hydrogen) atoms. The zero-order valence-electron chi connectivity index (χ0n) is 12.3. The van der Waals surface area contributed by atoms with E-state index in [2.05, 4.69) is 25.1 Å². The van der Waals surface area contributed by atoms with E-state index in [0.29, 0.717) is 19.8 Å². The maximum Gasteiger partial charge on any atom is 0.230 e. The van der Waals surface area contributed by atoms with Gasteiger partial charge in [-0.05, 0) is 30.0 Å². The van der Waals surface area contributed by atoms with Crippen molar-refractivity contribution in [1.29, 1.82) is 0 Å². The smallest absolute Gasteiger partial charge is 0.230 e. The highest BCUT2D eigenvalue weighted by Crippen LogP contribution is 2.39. The molecule has 2 aliphatic rings. The second-order valence-corrected chi connectivity index (χ2v) is 5.76. The third kappa shape index (κ3) is 2.23. The molecule has 108 valence electrons. The number of ether oxygens (including phenoxy) is 2. The fraction of sp³-hybridized carbons (Fsp3) is 0.562. The number of amides is 1. The van der Waals surface area contributed by atoms with Crippen molar-refractivity contribution >= 4 is 11.6 Å². The molecule has 4 nitrogen and oxygen atoms in total. The van der Waals surface area contributed by atoms with Crippen LogP contribution in [0, 0.1) is 12.8 Å². The molecule has 3 rings (SSSR count). The molecule has 2 unspecified atom stereocenters. The van der Waals surface area contributed by atoms with Crippen LogP contribution in [0.5, 0.6) is 0 Å². The molecular weight excluding hydrogens is 254 g/mol. The van der Waals surface area contributed by atoms with Crippen LogP contribution in [0.1, 0.15) is 30.9 Å². The molecule has 0 bridgehead atoms. The summed E-state index contributed by atoms with van der Waals surface area (Å²) in [6, 6.07) is 6.34. The summed E-state index contributed by atoms with van der Waals surface area (Å²) in [5, 5.41) is 0. The lowest BCUT2D eigenvalue weighted by Crippen LogP contribution is -2.45. The van der Waals surface area contributed by atoms with Gasteiger partial charge in [0.1, 0.15) is 0 Å². The molecule has 1 aromatic carbocycles. The van der Waals surface area contributed by atoms with Gasteiger partial charge in [0, 0.05) is 11.6 Å². The van der Waals surface area contributed by atoms with Gasteiger partial charge in [-0.1, -0.05) is 26.0 Å². The molecule has 1 aromatic rings. The van der Waals surface area contributed by atoms with E-state index in [1.807, 2.05) is 18.7 Å². The first-order chi connectivity index (χ1) is 9.58. The number of hydrogen-bond donors (Lipinski definition) is 0. The fourth-order valence-corrected chi connectivity index (χ4v) is 2.97. The van der Waals surface area contributed by atoms with Gasteiger partial charge >= 0.3 is 0 Å². The maximum absolute atomic E-state index is 12.6. The molecule has 0 N–H and O–H groups in total. The van der Waals surface area contributed by atoms with Crippen molar-refractivity contribution in [3.05, 3.63) is 29.3 Å². The van der Waals surface area contributed by atoms with Gasteiger partial charge in [-0.3, -0.25) is 4.79 Å². The first-order valence-electron chi connectivity index (χ1n) is 7.23. The van der Waals surface area contributed by atoms with Gasteiger partial charge in [-0.15, -0.1) is 0 Å². The van der Waals surface area contributed by atoms with E-state index >= 15 is 0 Å². The van der Waals surface area contributed by atoms with Gasteiger partial charge in [0.05, 0.1) is 19.8 Å². The minimum Gasteiger partial charge on any atom is -0.348 e. The molecule has 0 aliphatic carbocycles. The summed E-state index contributed by atoms with van der Waals surface area (Å²) in [6.45, 7) is 7.87. The molecule has 0 aromatic heterocycles. The minimum atomic E-state index is -0.298. The first-order valence-corrected chi connectivity index (χ1v) is 7.23. The number of rotatable bonds is 2. The SMILES string of the molecule is Cc1ccc2c(c1)N(CC1OCCO1)C(=O)C(C)C2C. The van der Waals surface area contributed by atoms with Gasteiger partial charge < -0.3 is 14.4 Å². The summed E-state index contributed by atoms with van der Waals surface area (Å²) in [6.07, 6.45) is -0.298. The average Bonchev–Trinajstić information content (AvgIpc) is 2.94. The molecule has 2 aliphatic heterocycles. The van der Waals surface area contributed by atoms with Crippen LogP contribution in [0.25, 0.3) is 0 Å². The standard InChI is InChI=1S/C16H21NO3/c1-10-4-5-13-11(2)12(3)16(18)17(14(13)8-10)9-15-19-6-7-20-15/h4-5,8,11-12,15H,6-7,9H2,1-3H3. The Kier molecular flexibility index (Phi) is 3.52. The lowest BCUT2D eigenvalue weighted by Gasteiger charge is -2.37. The van der Waals surface area contributed by atoms with E-state index in [9.17, 15) is 4.79 Å². The largest absolute Gasteiger partial charge is 0.348 e. The predicted molar refractivity (Wildman–Crippen MR) is 76.8 cm³/mol. The normalized spacial score (nSPS) is 26.9. The molecule has 1 saturated heterocycles. The number of nitrogens with zero attached hydrogens (tertiary/aromatic N) is 1. The van der Waals surface area contributed by atoms with Crippen molar-refractivity contribution in [2.75, 3.05) is 24.7 Å². The molecule has 4 heteroatoms. The molecule has 1 amide bonds. The highest BCUT2D eigenvalue weighted by atomic mass is 16.7. The van der Waals surface area contributed by atoms with Crippen LogP contribution in [-0.4, -0.2) is 32.0 Å². The van der Waals surface area contributed by atoms with Crippen molar-refractivity contribution in [3.8, 4) is 0 Å². The van der Waals surface area contributed by atoms with Crippen LogP contribution in [0.3, 0.4) is 0 Å². The molecule has 2 heterocycles. The number of fused-ring (bicyclic) bond motifs is 1. The summed E-state index contributed by atoms with van der Waals surface area (Å²) in [7, 11) is 0. The van der Waals surface area contributed by atoms with E-state index in [0.717, 1.165) is 11.3 Å². The highest BCUT2D eigenvalue weighted by molar-refractivity contribution is 5.98. The molecule has 0 radical (unpaired) electrons. The number of carbonyl (C=O) groups is 1. The Labute approximate surface area is 119 Å². The van der Waals surface area contributed by atoms with E-state index in [4.69, 9.17) is 9.47 Å². The topological polar surface area (TPSA) is 38.8 Å². The van der Waals surface area contributed by atoms with Crippen molar-refractivity contribution < 1.29 is 14.3 Å². The zero-order valence-corrected chi connectivity index (χ0v) is 12.3. The van der Waals surface area contributed by atoms with Crippen LogP contribution in [0.15, 0.2) is 18.2 Å². The van der Waals surface area contributed by atoms with Crippen LogP contribution < -0.4 is 4.90 Å². The van der Waals surface area contributed by atoms with E-state index < -0.39 is 0 Å². The van der Waals surface area contributed by atoms with Gasteiger partial charge in [0.15, 0.2) is 6.29 Å². The summed E-state index contributed by atoms with van der Waals surface area (Å²) in [5.41, 5.74) is 3.41. The molecule has 1 fully saturated rings.